The molecule has 59 heavy (non-hydrogen) atoms. The first-order valence-corrected chi connectivity index (χ1v) is 20.6. The lowest BCUT2D eigenvalue weighted by molar-refractivity contribution is 0.661. The zero-order valence-electron chi connectivity index (χ0n) is 33.0. The van der Waals surface area contributed by atoms with Crippen LogP contribution in [0.4, 0.5) is 17.1 Å². The lowest BCUT2D eigenvalue weighted by Crippen LogP contribution is -2.16. The molecule has 0 amide bonds. The molecule has 0 N–H and O–H groups in total. The summed E-state index contributed by atoms with van der Waals surface area (Å²) in [4.78, 5) is 2.39. The minimum atomic E-state index is -0.121. The summed E-state index contributed by atoms with van der Waals surface area (Å²) in [7, 11) is 0. The maximum Gasteiger partial charge on any atom is 0.0547 e. The summed E-state index contributed by atoms with van der Waals surface area (Å²) in [6, 6.07) is 76.0. The molecule has 0 saturated carbocycles. The largest absolute Gasteiger partial charge is 0.310 e. The number of fused-ring (bicyclic) bond motifs is 11. The fourth-order valence-corrected chi connectivity index (χ4v) is 10.0. The molecule has 0 unspecified atom stereocenters. The third-order valence-corrected chi connectivity index (χ3v) is 12.9. The summed E-state index contributed by atoms with van der Waals surface area (Å²) in [5, 5.41) is 10.3. The Morgan fingerprint density at radius 3 is 1.49 bits per heavy atom. The molecule has 2 nitrogen and oxygen atoms in total. The maximum atomic E-state index is 2.44. The van der Waals surface area contributed by atoms with Crippen LogP contribution in [0.5, 0.6) is 0 Å². The van der Waals surface area contributed by atoms with Gasteiger partial charge in [0.15, 0.2) is 0 Å². The molecule has 0 radical (unpaired) electrons. The Balaban J connectivity index is 0.924. The molecule has 0 saturated heterocycles. The van der Waals surface area contributed by atoms with Crippen LogP contribution in [0, 0.1) is 0 Å². The van der Waals surface area contributed by atoms with E-state index in [0.29, 0.717) is 0 Å². The molecule has 0 fully saturated rings. The van der Waals surface area contributed by atoms with E-state index in [4.69, 9.17) is 0 Å². The summed E-state index contributed by atoms with van der Waals surface area (Å²) in [6.45, 7) is 4.74. The monoisotopic (exact) mass is 752 g/mol. The summed E-state index contributed by atoms with van der Waals surface area (Å²) in [5.41, 5.74) is 14.7. The van der Waals surface area contributed by atoms with Crippen molar-refractivity contribution < 1.29 is 0 Å². The maximum absolute atomic E-state index is 2.44. The Labute approximate surface area is 343 Å². The number of para-hydroxylation sites is 1. The van der Waals surface area contributed by atoms with Gasteiger partial charge in [-0.05, 0) is 138 Å². The third kappa shape index (κ3) is 5.13. The Kier molecular flexibility index (Phi) is 7.31. The molecule has 12 rings (SSSR count). The van der Waals surface area contributed by atoms with Crippen LogP contribution >= 0.6 is 0 Å². The number of anilines is 3. The van der Waals surface area contributed by atoms with Crippen molar-refractivity contribution in [2.75, 3.05) is 4.90 Å². The molecule has 1 aromatic heterocycles. The Morgan fingerprint density at radius 2 is 0.864 bits per heavy atom. The highest BCUT2D eigenvalue weighted by Gasteiger charge is 2.36. The van der Waals surface area contributed by atoms with Crippen LogP contribution in [-0.4, -0.2) is 4.57 Å². The molecule has 0 spiro atoms. The molecule has 1 aliphatic carbocycles. The third-order valence-electron chi connectivity index (χ3n) is 12.9. The smallest absolute Gasteiger partial charge is 0.0547 e. The summed E-state index contributed by atoms with van der Waals surface area (Å²) in [6.07, 6.45) is 0. The summed E-state index contributed by atoms with van der Waals surface area (Å²) in [5.74, 6) is 0. The highest BCUT2D eigenvalue weighted by atomic mass is 15.1. The van der Waals surface area contributed by atoms with Gasteiger partial charge in [-0.3, -0.25) is 0 Å². The molecule has 0 aliphatic heterocycles. The van der Waals surface area contributed by atoms with E-state index in [1.54, 1.807) is 0 Å². The van der Waals surface area contributed by atoms with Crippen LogP contribution in [0.2, 0.25) is 0 Å². The van der Waals surface area contributed by atoms with Crippen molar-refractivity contribution >= 4 is 71.2 Å². The molecule has 11 aromatic rings. The second-order valence-electron chi connectivity index (χ2n) is 16.6. The van der Waals surface area contributed by atoms with Crippen molar-refractivity contribution in [3.63, 3.8) is 0 Å². The Hall–Kier alpha value is -7.42. The van der Waals surface area contributed by atoms with Gasteiger partial charge in [-0.2, -0.15) is 0 Å². The fourth-order valence-electron chi connectivity index (χ4n) is 10.0. The number of hydrogen-bond donors (Lipinski definition) is 0. The molecular weight excluding hydrogens is 713 g/mol. The van der Waals surface area contributed by atoms with E-state index >= 15 is 0 Å². The number of benzene rings is 10. The minimum Gasteiger partial charge on any atom is -0.310 e. The lowest BCUT2D eigenvalue weighted by Gasteiger charge is -2.28. The van der Waals surface area contributed by atoms with Crippen molar-refractivity contribution in [1.82, 2.24) is 4.57 Å². The molecule has 278 valence electrons. The van der Waals surface area contributed by atoms with Crippen LogP contribution in [0.3, 0.4) is 0 Å². The minimum absolute atomic E-state index is 0.121. The summed E-state index contributed by atoms with van der Waals surface area (Å²) < 4.78 is 2.44. The van der Waals surface area contributed by atoms with E-state index in [2.05, 4.69) is 230 Å². The molecule has 1 aliphatic rings. The fraction of sp³-hybridized carbons (Fsp3) is 0.0526. The molecule has 0 atom stereocenters. The van der Waals surface area contributed by atoms with Crippen LogP contribution in [0.1, 0.15) is 25.0 Å². The van der Waals surface area contributed by atoms with Crippen LogP contribution in [0.25, 0.3) is 82.1 Å². The normalized spacial score (nSPS) is 13.1. The standard InChI is InChI=1S/C57H40N2/c1-57(2)51-35-42-15-7-6-14-41(42)34-50(51)49-31-30-46(36-52(49)57)58(43-16-4-3-5-17-43)44-26-20-37(21-27-44)38-22-28-45(29-23-38)59-53-32-24-39-12-8-10-18-47(39)55(53)56-48-19-11-9-13-40(48)25-33-54(56)59/h3-36H,1-2H3. The van der Waals surface area contributed by atoms with Gasteiger partial charge in [-0.15, -0.1) is 0 Å². The van der Waals surface area contributed by atoms with Crippen LogP contribution < -0.4 is 4.90 Å². The molecule has 10 aromatic carbocycles. The number of nitrogens with zero attached hydrogens (tertiary/aromatic N) is 2. The SMILES string of the molecule is CC1(C)c2cc(N(c3ccccc3)c3ccc(-c4ccc(-n5c6ccc7ccccc7c6c6c7ccccc7ccc65)cc4)cc3)ccc2-c2cc3ccccc3cc21. The first kappa shape index (κ1) is 33.7. The summed E-state index contributed by atoms with van der Waals surface area (Å²) >= 11 is 0. The van der Waals surface area contributed by atoms with E-state index in [1.165, 1.54) is 87.5 Å². The second kappa shape index (κ2) is 12.8. The predicted octanol–water partition coefficient (Wildman–Crippen LogP) is 15.7. The van der Waals surface area contributed by atoms with Crippen LogP contribution in [0.15, 0.2) is 206 Å². The molecule has 0 bridgehead atoms. The topological polar surface area (TPSA) is 8.17 Å². The van der Waals surface area contributed by atoms with Crippen LogP contribution in [-0.2, 0) is 5.41 Å². The van der Waals surface area contributed by atoms with Crippen molar-refractivity contribution in [3.05, 3.63) is 217 Å². The van der Waals surface area contributed by atoms with E-state index < -0.39 is 0 Å². The zero-order valence-corrected chi connectivity index (χ0v) is 33.0. The Morgan fingerprint density at radius 1 is 0.373 bits per heavy atom. The van der Waals surface area contributed by atoms with E-state index in [9.17, 15) is 0 Å². The van der Waals surface area contributed by atoms with Crippen molar-refractivity contribution in [1.29, 1.82) is 0 Å². The molecule has 1 heterocycles. The first-order chi connectivity index (χ1) is 29.0. The highest BCUT2D eigenvalue weighted by Crippen LogP contribution is 2.52. The van der Waals surface area contributed by atoms with Crippen molar-refractivity contribution in [2.24, 2.45) is 0 Å². The highest BCUT2D eigenvalue weighted by molar-refractivity contribution is 6.28. The van der Waals surface area contributed by atoms with Gasteiger partial charge in [0.05, 0.1) is 11.0 Å². The van der Waals surface area contributed by atoms with E-state index in [-0.39, 0.29) is 5.41 Å². The molecular formula is C57H40N2. The van der Waals surface area contributed by atoms with Crippen molar-refractivity contribution in [2.45, 2.75) is 19.3 Å². The zero-order chi connectivity index (χ0) is 39.2. The average Bonchev–Trinajstić information content (AvgIpc) is 3.75. The van der Waals surface area contributed by atoms with Gasteiger partial charge < -0.3 is 9.47 Å². The Bertz CT molecular complexity index is 3350. The van der Waals surface area contributed by atoms with Gasteiger partial charge in [0.2, 0.25) is 0 Å². The predicted molar refractivity (Wildman–Crippen MR) is 251 cm³/mol. The molecule has 2 heteroatoms. The van der Waals surface area contributed by atoms with Gasteiger partial charge in [0, 0.05) is 38.9 Å². The lowest BCUT2D eigenvalue weighted by atomic mass is 9.81. The second-order valence-corrected chi connectivity index (χ2v) is 16.6. The van der Waals surface area contributed by atoms with Crippen molar-refractivity contribution in [3.8, 4) is 27.9 Å². The van der Waals surface area contributed by atoms with Gasteiger partial charge in [-0.25, -0.2) is 0 Å². The van der Waals surface area contributed by atoms with Gasteiger partial charge >= 0.3 is 0 Å². The number of rotatable bonds is 5. The van der Waals surface area contributed by atoms with E-state index in [0.717, 1.165) is 22.7 Å². The van der Waals surface area contributed by atoms with Gasteiger partial charge in [0.25, 0.3) is 0 Å². The number of hydrogen-bond acceptors (Lipinski definition) is 1. The van der Waals surface area contributed by atoms with Gasteiger partial charge in [-0.1, -0.05) is 147 Å². The first-order valence-electron chi connectivity index (χ1n) is 20.6. The van der Waals surface area contributed by atoms with E-state index in [1.807, 2.05) is 0 Å². The quantitative estimate of drug-likeness (QED) is 0.170. The number of aromatic nitrogens is 1. The average molecular weight is 753 g/mol. The van der Waals surface area contributed by atoms with Gasteiger partial charge in [0.1, 0.15) is 0 Å².